The lowest BCUT2D eigenvalue weighted by Crippen LogP contribution is -2.43. The van der Waals surface area contributed by atoms with Gasteiger partial charge in [0.1, 0.15) is 11.3 Å². The summed E-state index contributed by atoms with van der Waals surface area (Å²) < 4.78 is 6.59. The van der Waals surface area contributed by atoms with Gasteiger partial charge in [0.2, 0.25) is 5.43 Å². The van der Waals surface area contributed by atoms with Gasteiger partial charge in [-0.3, -0.25) is 9.89 Å². The van der Waals surface area contributed by atoms with E-state index >= 15 is 0 Å². The lowest BCUT2D eigenvalue weighted by atomic mass is 9.72. The van der Waals surface area contributed by atoms with Crippen LogP contribution in [-0.2, 0) is 5.54 Å². The monoisotopic (exact) mass is 447 g/mol. The molecule has 0 spiro atoms. The fraction of sp³-hybridized carbons (Fsp3) is 0.172. The van der Waals surface area contributed by atoms with Gasteiger partial charge in [0.15, 0.2) is 0 Å². The number of aromatic nitrogens is 2. The quantitative estimate of drug-likeness (QED) is 0.345. The number of fused-ring (bicyclic) bond motifs is 1. The molecule has 6 rings (SSSR count). The Hall–Kier alpha value is -3.96. The van der Waals surface area contributed by atoms with Crippen LogP contribution in [0.15, 0.2) is 88.2 Å². The molecule has 2 heterocycles. The van der Waals surface area contributed by atoms with Gasteiger partial charge in [-0.1, -0.05) is 66.7 Å². The van der Waals surface area contributed by atoms with Crippen molar-refractivity contribution >= 4 is 11.0 Å². The molecule has 0 saturated heterocycles. The summed E-state index contributed by atoms with van der Waals surface area (Å²) in [7, 11) is 0. The van der Waals surface area contributed by atoms with Crippen LogP contribution < -0.4 is 11.2 Å². The van der Waals surface area contributed by atoms with Gasteiger partial charge in [0, 0.05) is 27.9 Å². The average Bonchev–Trinajstić information content (AvgIpc) is 3.28. The Morgan fingerprint density at radius 3 is 2.32 bits per heavy atom. The molecule has 1 saturated carbocycles. The van der Waals surface area contributed by atoms with E-state index in [9.17, 15) is 4.79 Å². The molecule has 168 valence electrons. The number of nitrogens with two attached hydrogens (primary N) is 1. The maximum Gasteiger partial charge on any atom is 0.201 e. The van der Waals surface area contributed by atoms with Crippen LogP contribution in [0.5, 0.6) is 0 Å². The molecule has 0 unspecified atom stereocenters. The summed E-state index contributed by atoms with van der Waals surface area (Å²) in [6, 6.07) is 23.6. The van der Waals surface area contributed by atoms with E-state index in [4.69, 9.17) is 10.2 Å². The summed E-state index contributed by atoms with van der Waals surface area (Å²) in [4.78, 5) is 14.0. The Balaban J connectivity index is 1.62. The van der Waals surface area contributed by atoms with E-state index in [2.05, 4.69) is 22.3 Å². The number of nitrogens with one attached hydrogen (secondary N) is 1. The molecular weight excluding hydrogens is 422 g/mol. The van der Waals surface area contributed by atoms with Crippen LogP contribution in [0.2, 0.25) is 0 Å². The van der Waals surface area contributed by atoms with Gasteiger partial charge in [-0.25, -0.2) is 0 Å². The Labute approximate surface area is 197 Å². The highest BCUT2D eigenvalue weighted by molar-refractivity contribution is 5.97. The standard InChI is InChI=1S/C29H25N3O2/c1-18-24(17-31-32-18)22-9-5-10-23-26(33)25(27(34-28(22)23)20-7-3-2-4-8-20)19-11-13-21(14-12-19)29(30)15-6-16-29/h2-5,7-14,17H,6,15-16,30H2,1H3,(H,31,32). The fourth-order valence-corrected chi connectivity index (χ4v) is 4.92. The van der Waals surface area contributed by atoms with Gasteiger partial charge >= 0.3 is 0 Å². The van der Waals surface area contributed by atoms with E-state index in [-0.39, 0.29) is 11.0 Å². The molecule has 0 atom stereocenters. The first-order valence-corrected chi connectivity index (χ1v) is 11.6. The van der Waals surface area contributed by atoms with Crippen LogP contribution in [0, 0.1) is 6.92 Å². The molecule has 2 aromatic heterocycles. The first-order valence-electron chi connectivity index (χ1n) is 11.6. The maximum absolute atomic E-state index is 14.0. The number of nitrogens with zero attached hydrogens (tertiary/aromatic N) is 1. The smallest absolute Gasteiger partial charge is 0.201 e. The summed E-state index contributed by atoms with van der Waals surface area (Å²) in [6.45, 7) is 1.96. The molecule has 1 fully saturated rings. The number of aryl methyl sites for hydroxylation is 1. The van der Waals surface area contributed by atoms with Crippen molar-refractivity contribution in [2.45, 2.75) is 31.7 Å². The predicted octanol–water partition coefficient (Wildman–Crippen LogP) is 6.16. The van der Waals surface area contributed by atoms with Crippen molar-refractivity contribution in [2.24, 2.45) is 5.73 Å². The third-order valence-corrected chi connectivity index (χ3v) is 7.07. The Bertz CT molecular complexity index is 1560. The highest BCUT2D eigenvalue weighted by Gasteiger charge is 2.34. The van der Waals surface area contributed by atoms with Gasteiger partial charge in [-0.15, -0.1) is 0 Å². The summed E-state index contributed by atoms with van der Waals surface area (Å²) in [6.07, 6.45) is 4.91. The number of hydrogen-bond acceptors (Lipinski definition) is 4. The fourth-order valence-electron chi connectivity index (χ4n) is 4.92. The van der Waals surface area contributed by atoms with Crippen molar-refractivity contribution < 1.29 is 4.42 Å². The second kappa shape index (κ2) is 7.82. The maximum atomic E-state index is 14.0. The second-order valence-corrected chi connectivity index (χ2v) is 9.18. The summed E-state index contributed by atoms with van der Waals surface area (Å²) >= 11 is 0. The molecule has 5 aromatic rings. The highest BCUT2D eigenvalue weighted by atomic mass is 16.3. The van der Waals surface area contributed by atoms with Crippen LogP contribution in [0.3, 0.4) is 0 Å². The number of para-hydroxylation sites is 1. The minimum Gasteiger partial charge on any atom is -0.454 e. The third-order valence-electron chi connectivity index (χ3n) is 7.07. The van der Waals surface area contributed by atoms with Gasteiger partial charge in [-0.2, -0.15) is 5.10 Å². The van der Waals surface area contributed by atoms with Crippen molar-refractivity contribution in [2.75, 3.05) is 0 Å². The molecule has 5 nitrogen and oxygen atoms in total. The van der Waals surface area contributed by atoms with E-state index in [1.54, 1.807) is 6.20 Å². The van der Waals surface area contributed by atoms with Crippen molar-refractivity contribution in [1.82, 2.24) is 10.2 Å². The lowest BCUT2D eigenvalue weighted by Gasteiger charge is -2.38. The number of benzene rings is 3. The Kier molecular flexibility index (Phi) is 4.74. The minimum absolute atomic E-state index is 0.0537. The molecule has 0 aliphatic heterocycles. The van der Waals surface area contributed by atoms with E-state index < -0.39 is 0 Å². The molecule has 0 bridgehead atoms. The van der Waals surface area contributed by atoms with E-state index in [0.29, 0.717) is 22.3 Å². The normalized spacial score (nSPS) is 14.8. The molecule has 34 heavy (non-hydrogen) atoms. The average molecular weight is 448 g/mol. The zero-order valence-electron chi connectivity index (χ0n) is 19.0. The molecule has 5 heteroatoms. The predicted molar refractivity (Wildman–Crippen MR) is 135 cm³/mol. The first kappa shape index (κ1) is 20.6. The van der Waals surface area contributed by atoms with Crippen molar-refractivity contribution in [3.63, 3.8) is 0 Å². The zero-order valence-corrected chi connectivity index (χ0v) is 19.0. The SMILES string of the molecule is Cc1[nH]ncc1-c1cccc2c(=O)c(-c3ccc(C4(N)CCC4)cc3)c(-c3ccccc3)oc12. The zero-order chi connectivity index (χ0) is 23.3. The van der Waals surface area contributed by atoms with Crippen molar-refractivity contribution in [3.05, 3.63) is 100 Å². The number of rotatable bonds is 4. The second-order valence-electron chi connectivity index (χ2n) is 9.18. The Morgan fingerprint density at radius 2 is 1.68 bits per heavy atom. The molecule has 1 aliphatic carbocycles. The lowest BCUT2D eigenvalue weighted by molar-refractivity contribution is 0.253. The van der Waals surface area contributed by atoms with Gasteiger partial charge in [0.25, 0.3) is 0 Å². The van der Waals surface area contributed by atoms with E-state index in [0.717, 1.165) is 52.8 Å². The van der Waals surface area contributed by atoms with Crippen LogP contribution in [-0.4, -0.2) is 10.2 Å². The van der Waals surface area contributed by atoms with Gasteiger partial charge < -0.3 is 10.2 Å². The Morgan fingerprint density at radius 1 is 0.912 bits per heavy atom. The van der Waals surface area contributed by atoms with Crippen LogP contribution >= 0.6 is 0 Å². The summed E-state index contributed by atoms with van der Waals surface area (Å²) in [5.41, 5.74) is 12.8. The molecular formula is C29H25N3O2. The third kappa shape index (κ3) is 3.20. The minimum atomic E-state index is -0.244. The molecule has 3 aromatic carbocycles. The molecule has 3 N–H and O–H groups in total. The van der Waals surface area contributed by atoms with Crippen molar-refractivity contribution in [1.29, 1.82) is 0 Å². The molecule has 1 aliphatic rings. The number of hydrogen-bond donors (Lipinski definition) is 2. The van der Waals surface area contributed by atoms with E-state index in [1.807, 2.05) is 67.6 Å². The highest BCUT2D eigenvalue weighted by Crippen LogP contribution is 2.40. The summed E-state index contributed by atoms with van der Waals surface area (Å²) in [5.74, 6) is 0.561. The van der Waals surface area contributed by atoms with Crippen LogP contribution in [0.4, 0.5) is 0 Å². The van der Waals surface area contributed by atoms with Crippen LogP contribution in [0.25, 0.3) is 44.5 Å². The molecule has 0 amide bonds. The summed E-state index contributed by atoms with van der Waals surface area (Å²) in [5, 5.41) is 7.68. The van der Waals surface area contributed by atoms with Gasteiger partial charge in [0.05, 0.1) is 17.1 Å². The van der Waals surface area contributed by atoms with E-state index in [1.165, 1.54) is 0 Å². The largest absolute Gasteiger partial charge is 0.454 e. The molecule has 0 radical (unpaired) electrons. The van der Waals surface area contributed by atoms with Crippen LogP contribution in [0.1, 0.15) is 30.5 Å². The number of H-pyrrole nitrogens is 1. The first-order chi connectivity index (χ1) is 16.5. The number of aromatic amines is 1. The van der Waals surface area contributed by atoms with Crippen molar-refractivity contribution in [3.8, 4) is 33.6 Å². The van der Waals surface area contributed by atoms with Gasteiger partial charge in [-0.05, 0) is 43.4 Å². The topological polar surface area (TPSA) is 84.9 Å².